The van der Waals surface area contributed by atoms with E-state index in [1.807, 2.05) is 39.1 Å². The zero-order chi connectivity index (χ0) is 19.0. The van der Waals surface area contributed by atoms with Gasteiger partial charge in [-0.15, -0.1) is 0 Å². The summed E-state index contributed by atoms with van der Waals surface area (Å²) < 4.78 is 5.02. The van der Waals surface area contributed by atoms with Gasteiger partial charge in [0.05, 0.1) is 5.52 Å². The predicted octanol–water partition coefficient (Wildman–Crippen LogP) is 3.72. The number of aromatic nitrogens is 4. The van der Waals surface area contributed by atoms with Crippen LogP contribution in [-0.2, 0) is 0 Å². The van der Waals surface area contributed by atoms with Gasteiger partial charge in [0, 0.05) is 23.6 Å². The lowest BCUT2D eigenvalue weighted by atomic mass is 10.2. The van der Waals surface area contributed by atoms with E-state index in [9.17, 15) is 4.79 Å². The monoisotopic (exact) mass is 362 g/mol. The van der Waals surface area contributed by atoms with Crippen LogP contribution in [0.15, 0.2) is 45.9 Å². The third-order valence-electron chi connectivity index (χ3n) is 4.27. The standard InChI is InChI=1S/C19H18N6O2/c1-10-6-16(20-8-11(10)2)24-18-21-9-12(3)17(25-18)22-13-4-5-15-14(7-13)23-19(26)27-15/h4-9H,1-3H3,(H,23,26)(H2,20,21,22,24,25). The zero-order valence-corrected chi connectivity index (χ0v) is 15.1. The Hall–Kier alpha value is -3.68. The molecule has 0 spiro atoms. The Morgan fingerprint density at radius 1 is 0.963 bits per heavy atom. The van der Waals surface area contributed by atoms with Gasteiger partial charge in [-0.05, 0) is 56.2 Å². The second kappa shape index (κ2) is 6.56. The molecule has 3 N–H and O–H groups in total. The minimum Gasteiger partial charge on any atom is -0.408 e. The molecule has 0 amide bonds. The van der Waals surface area contributed by atoms with Gasteiger partial charge in [0.2, 0.25) is 5.95 Å². The van der Waals surface area contributed by atoms with Crippen LogP contribution in [0.4, 0.5) is 23.3 Å². The second-order valence-electron chi connectivity index (χ2n) is 6.35. The van der Waals surface area contributed by atoms with E-state index in [2.05, 4.69) is 30.6 Å². The maximum absolute atomic E-state index is 11.3. The molecule has 0 radical (unpaired) electrons. The number of anilines is 4. The fourth-order valence-electron chi connectivity index (χ4n) is 2.60. The van der Waals surface area contributed by atoms with E-state index < -0.39 is 5.76 Å². The molecule has 27 heavy (non-hydrogen) atoms. The van der Waals surface area contributed by atoms with Gasteiger partial charge < -0.3 is 15.1 Å². The molecule has 0 unspecified atom stereocenters. The highest BCUT2D eigenvalue weighted by atomic mass is 16.4. The Kier molecular flexibility index (Phi) is 4.08. The molecule has 3 aromatic heterocycles. The highest BCUT2D eigenvalue weighted by molar-refractivity contribution is 5.78. The smallest absolute Gasteiger partial charge is 0.408 e. The number of aryl methyl sites for hydroxylation is 3. The van der Waals surface area contributed by atoms with Crippen molar-refractivity contribution in [2.45, 2.75) is 20.8 Å². The molecule has 0 saturated heterocycles. The van der Waals surface area contributed by atoms with Crippen molar-refractivity contribution in [1.82, 2.24) is 19.9 Å². The van der Waals surface area contributed by atoms with Crippen LogP contribution in [0.2, 0.25) is 0 Å². The van der Waals surface area contributed by atoms with Crippen molar-refractivity contribution in [3.8, 4) is 0 Å². The molecule has 8 heteroatoms. The van der Waals surface area contributed by atoms with E-state index in [-0.39, 0.29) is 0 Å². The van der Waals surface area contributed by atoms with Crippen molar-refractivity contribution in [3.05, 3.63) is 63.9 Å². The number of aromatic amines is 1. The third kappa shape index (κ3) is 3.50. The molecule has 0 fully saturated rings. The number of hydrogen-bond acceptors (Lipinski definition) is 7. The van der Waals surface area contributed by atoms with Gasteiger partial charge in [-0.1, -0.05) is 0 Å². The molecule has 3 heterocycles. The first kappa shape index (κ1) is 16.8. The molecule has 1 aromatic carbocycles. The summed E-state index contributed by atoms with van der Waals surface area (Å²) in [5.74, 6) is 1.30. The molecular weight excluding hydrogens is 344 g/mol. The maximum Gasteiger partial charge on any atom is 0.417 e. The highest BCUT2D eigenvalue weighted by Gasteiger charge is 2.08. The van der Waals surface area contributed by atoms with Crippen molar-refractivity contribution in [2.24, 2.45) is 0 Å². The lowest BCUT2D eigenvalue weighted by molar-refractivity contribution is 0.555. The highest BCUT2D eigenvalue weighted by Crippen LogP contribution is 2.23. The molecule has 4 rings (SSSR count). The van der Waals surface area contributed by atoms with E-state index >= 15 is 0 Å². The Balaban J connectivity index is 1.61. The number of hydrogen-bond donors (Lipinski definition) is 3. The molecule has 0 aliphatic heterocycles. The van der Waals surface area contributed by atoms with Crippen LogP contribution >= 0.6 is 0 Å². The van der Waals surface area contributed by atoms with Gasteiger partial charge in [-0.3, -0.25) is 4.98 Å². The van der Waals surface area contributed by atoms with Gasteiger partial charge in [0.25, 0.3) is 0 Å². The topological polar surface area (TPSA) is 109 Å². The van der Waals surface area contributed by atoms with E-state index in [1.54, 1.807) is 18.3 Å². The van der Waals surface area contributed by atoms with Crippen LogP contribution in [0.3, 0.4) is 0 Å². The minimum absolute atomic E-state index is 0.441. The predicted molar refractivity (Wildman–Crippen MR) is 104 cm³/mol. The number of pyridine rings is 1. The second-order valence-corrected chi connectivity index (χ2v) is 6.35. The van der Waals surface area contributed by atoms with Crippen LogP contribution in [0.1, 0.15) is 16.7 Å². The van der Waals surface area contributed by atoms with Crippen LogP contribution in [0, 0.1) is 20.8 Å². The fraction of sp³-hybridized carbons (Fsp3) is 0.158. The lowest BCUT2D eigenvalue weighted by Crippen LogP contribution is -2.04. The number of benzene rings is 1. The first-order chi connectivity index (χ1) is 13.0. The molecule has 0 atom stereocenters. The summed E-state index contributed by atoms with van der Waals surface area (Å²) in [6.07, 6.45) is 3.54. The third-order valence-corrected chi connectivity index (χ3v) is 4.27. The molecule has 136 valence electrons. The van der Waals surface area contributed by atoms with Crippen LogP contribution in [0.25, 0.3) is 11.1 Å². The Morgan fingerprint density at radius 3 is 2.59 bits per heavy atom. The van der Waals surface area contributed by atoms with Crippen LogP contribution in [0.5, 0.6) is 0 Å². The summed E-state index contributed by atoms with van der Waals surface area (Å²) >= 11 is 0. The molecular formula is C19H18N6O2. The Morgan fingerprint density at radius 2 is 1.78 bits per heavy atom. The van der Waals surface area contributed by atoms with Crippen molar-refractivity contribution in [2.75, 3.05) is 10.6 Å². The molecule has 0 aliphatic rings. The first-order valence-electron chi connectivity index (χ1n) is 8.42. The first-order valence-corrected chi connectivity index (χ1v) is 8.42. The van der Waals surface area contributed by atoms with E-state index in [0.717, 1.165) is 22.4 Å². The number of H-pyrrole nitrogens is 1. The number of oxazole rings is 1. The number of nitrogens with one attached hydrogen (secondary N) is 3. The van der Waals surface area contributed by atoms with Crippen molar-refractivity contribution >= 4 is 34.4 Å². The zero-order valence-electron chi connectivity index (χ0n) is 15.1. The van der Waals surface area contributed by atoms with Gasteiger partial charge in [-0.2, -0.15) is 4.98 Å². The minimum atomic E-state index is -0.479. The van der Waals surface area contributed by atoms with Crippen molar-refractivity contribution in [3.63, 3.8) is 0 Å². The lowest BCUT2D eigenvalue weighted by Gasteiger charge is -2.11. The summed E-state index contributed by atoms with van der Waals surface area (Å²) in [5, 5.41) is 6.37. The molecule has 0 saturated carbocycles. The summed E-state index contributed by atoms with van der Waals surface area (Å²) in [4.78, 5) is 27.1. The summed E-state index contributed by atoms with van der Waals surface area (Å²) in [6, 6.07) is 7.29. The van der Waals surface area contributed by atoms with Crippen LogP contribution in [-0.4, -0.2) is 19.9 Å². The molecule has 8 nitrogen and oxygen atoms in total. The molecule has 0 aliphatic carbocycles. The molecule has 0 bridgehead atoms. The maximum atomic E-state index is 11.3. The number of nitrogens with zero attached hydrogens (tertiary/aromatic N) is 3. The summed E-state index contributed by atoms with van der Waals surface area (Å²) in [5.41, 5.74) is 5.05. The quantitative estimate of drug-likeness (QED) is 0.507. The van der Waals surface area contributed by atoms with Crippen molar-refractivity contribution in [1.29, 1.82) is 0 Å². The largest absolute Gasteiger partial charge is 0.417 e. The summed E-state index contributed by atoms with van der Waals surface area (Å²) in [7, 11) is 0. The van der Waals surface area contributed by atoms with E-state index in [0.29, 0.717) is 28.7 Å². The van der Waals surface area contributed by atoms with Gasteiger partial charge in [-0.25, -0.2) is 14.8 Å². The fourth-order valence-corrected chi connectivity index (χ4v) is 2.60. The van der Waals surface area contributed by atoms with Crippen LogP contribution < -0.4 is 16.4 Å². The number of fused-ring (bicyclic) bond motifs is 1. The van der Waals surface area contributed by atoms with E-state index in [4.69, 9.17) is 4.42 Å². The Labute approximate surface area is 154 Å². The van der Waals surface area contributed by atoms with Gasteiger partial charge in [0.1, 0.15) is 11.6 Å². The normalized spacial score (nSPS) is 10.9. The van der Waals surface area contributed by atoms with E-state index in [1.165, 1.54) is 0 Å². The average Bonchev–Trinajstić information content (AvgIpc) is 3.00. The van der Waals surface area contributed by atoms with Gasteiger partial charge >= 0.3 is 5.76 Å². The molecule has 4 aromatic rings. The summed E-state index contributed by atoms with van der Waals surface area (Å²) in [6.45, 7) is 5.96. The average molecular weight is 362 g/mol. The Bertz CT molecular complexity index is 1190. The number of rotatable bonds is 4. The SMILES string of the molecule is Cc1cnc(Nc2ncc(C)c(Nc3ccc4oc(=O)[nH]c4c3)n2)cc1C. The van der Waals surface area contributed by atoms with Gasteiger partial charge in [0.15, 0.2) is 5.58 Å². The van der Waals surface area contributed by atoms with Crippen molar-refractivity contribution < 1.29 is 4.42 Å².